The van der Waals surface area contributed by atoms with E-state index in [0.717, 1.165) is 16.8 Å². The summed E-state index contributed by atoms with van der Waals surface area (Å²) in [5.74, 6) is -0.290. The van der Waals surface area contributed by atoms with Crippen LogP contribution in [-0.4, -0.2) is 10.8 Å². The first-order valence-electron chi connectivity index (χ1n) is 8.47. The standard InChI is InChI=1S/C22H18N2O3/c25-22(14-13-18-9-6-11-20(16-18)24(26)27)23-21-12-5-4-10-19(21)15-17-7-2-1-3-8-17/h1-14,16H,15H2,(H,23,25). The molecular formula is C22H18N2O3. The molecule has 0 saturated heterocycles. The summed E-state index contributed by atoms with van der Waals surface area (Å²) in [6, 6.07) is 23.8. The molecule has 0 aliphatic heterocycles. The molecule has 0 bridgehead atoms. The van der Waals surface area contributed by atoms with Crippen molar-refractivity contribution in [2.75, 3.05) is 5.32 Å². The number of hydrogen-bond acceptors (Lipinski definition) is 3. The van der Waals surface area contributed by atoms with Crippen LogP contribution >= 0.6 is 0 Å². The summed E-state index contributed by atoms with van der Waals surface area (Å²) in [6.07, 6.45) is 3.65. The van der Waals surface area contributed by atoms with E-state index >= 15 is 0 Å². The number of nitro groups is 1. The van der Waals surface area contributed by atoms with Gasteiger partial charge in [-0.15, -0.1) is 0 Å². The number of carbonyl (C=O) groups excluding carboxylic acids is 1. The second kappa shape index (κ2) is 8.58. The maximum atomic E-state index is 12.3. The number of amides is 1. The minimum atomic E-state index is -0.461. The number of para-hydroxylation sites is 1. The fourth-order valence-electron chi connectivity index (χ4n) is 2.70. The summed E-state index contributed by atoms with van der Waals surface area (Å²) >= 11 is 0. The number of nitro benzene ring substituents is 1. The molecule has 3 rings (SSSR count). The minimum absolute atomic E-state index is 0.00855. The molecule has 0 aromatic heterocycles. The lowest BCUT2D eigenvalue weighted by molar-refractivity contribution is -0.384. The Hall–Kier alpha value is -3.73. The Morgan fingerprint density at radius 3 is 2.48 bits per heavy atom. The SMILES string of the molecule is O=C(C=Cc1cccc([N+](=O)[O-])c1)Nc1ccccc1Cc1ccccc1. The molecule has 0 saturated carbocycles. The first-order valence-corrected chi connectivity index (χ1v) is 8.47. The zero-order valence-corrected chi connectivity index (χ0v) is 14.5. The largest absolute Gasteiger partial charge is 0.322 e. The van der Waals surface area contributed by atoms with Crippen LogP contribution in [0.4, 0.5) is 11.4 Å². The minimum Gasteiger partial charge on any atom is -0.322 e. The number of non-ortho nitro benzene ring substituents is 1. The smallest absolute Gasteiger partial charge is 0.270 e. The zero-order valence-electron chi connectivity index (χ0n) is 14.5. The van der Waals surface area contributed by atoms with Gasteiger partial charge in [0.05, 0.1) is 4.92 Å². The van der Waals surface area contributed by atoms with Crippen LogP contribution < -0.4 is 5.32 Å². The van der Waals surface area contributed by atoms with Crippen LogP contribution in [0.5, 0.6) is 0 Å². The lowest BCUT2D eigenvalue weighted by atomic mass is 10.0. The molecule has 0 heterocycles. The van der Waals surface area contributed by atoms with E-state index < -0.39 is 4.92 Å². The monoisotopic (exact) mass is 358 g/mol. The zero-order chi connectivity index (χ0) is 19.1. The first-order chi connectivity index (χ1) is 13.1. The fraction of sp³-hybridized carbons (Fsp3) is 0.0455. The molecule has 27 heavy (non-hydrogen) atoms. The van der Waals surface area contributed by atoms with Crippen molar-refractivity contribution in [2.24, 2.45) is 0 Å². The number of nitrogens with one attached hydrogen (secondary N) is 1. The molecule has 0 fully saturated rings. The van der Waals surface area contributed by atoms with Crippen molar-refractivity contribution in [1.29, 1.82) is 0 Å². The van der Waals surface area contributed by atoms with Gasteiger partial charge >= 0.3 is 0 Å². The van der Waals surface area contributed by atoms with Gasteiger partial charge in [0.25, 0.3) is 5.69 Å². The van der Waals surface area contributed by atoms with Crippen LogP contribution in [0.2, 0.25) is 0 Å². The molecule has 1 amide bonds. The van der Waals surface area contributed by atoms with Crippen LogP contribution in [0, 0.1) is 10.1 Å². The summed E-state index contributed by atoms with van der Waals surface area (Å²) in [5, 5.41) is 13.7. The van der Waals surface area contributed by atoms with Crippen LogP contribution in [0.25, 0.3) is 6.08 Å². The van der Waals surface area contributed by atoms with Crippen molar-refractivity contribution in [3.05, 3.63) is 112 Å². The second-order valence-electron chi connectivity index (χ2n) is 5.99. The lowest BCUT2D eigenvalue weighted by Gasteiger charge is -2.10. The van der Waals surface area contributed by atoms with E-state index in [1.54, 1.807) is 18.2 Å². The Balaban J connectivity index is 1.71. The number of anilines is 1. The van der Waals surface area contributed by atoms with Crippen molar-refractivity contribution in [3.63, 3.8) is 0 Å². The second-order valence-corrected chi connectivity index (χ2v) is 5.99. The van der Waals surface area contributed by atoms with E-state index in [4.69, 9.17) is 0 Å². The quantitative estimate of drug-likeness (QED) is 0.389. The van der Waals surface area contributed by atoms with Crippen molar-refractivity contribution < 1.29 is 9.72 Å². The number of nitrogens with zero attached hydrogens (tertiary/aromatic N) is 1. The topological polar surface area (TPSA) is 72.2 Å². The summed E-state index contributed by atoms with van der Waals surface area (Å²) < 4.78 is 0. The molecule has 1 N–H and O–H groups in total. The Morgan fingerprint density at radius 1 is 0.963 bits per heavy atom. The molecule has 0 atom stereocenters. The van der Waals surface area contributed by atoms with Gasteiger partial charge in [0.2, 0.25) is 5.91 Å². The van der Waals surface area contributed by atoms with E-state index in [2.05, 4.69) is 5.32 Å². The molecule has 0 unspecified atom stereocenters. The normalized spacial score (nSPS) is 10.7. The van der Waals surface area contributed by atoms with Gasteiger partial charge < -0.3 is 5.32 Å². The Bertz CT molecular complexity index is 982. The number of benzene rings is 3. The summed E-state index contributed by atoms with van der Waals surface area (Å²) in [6.45, 7) is 0. The summed E-state index contributed by atoms with van der Waals surface area (Å²) in [5.41, 5.74) is 3.50. The van der Waals surface area contributed by atoms with Crippen LogP contribution in [0.15, 0.2) is 84.9 Å². The molecule has 0 aliphatic carbocycles. The average molecular weight is 358 g/mol. The number of carbonyl (C=O) groups is 1. The van der Waals surface area contributed by atoms with Gasteiger partial charge in [-0.2, -0.15) is 0 Å². The third-order valence-electron chi connectivity index (χ3n) is 4.02. The molecule has 0 radical (unpaired) electrons. The Kier molecular flexibility index (Phi) is 5.74. The van der Waals surface area contributed by atoms with Gasteiger partial charge in [0.15, 0.2) is 0 Å². The first kappa shape index (κ1) is 18.1. The highest BCUT2D eigenvalue weighted by atomic mass is 16.6. The van der Waals surface area contributed by atoms with Gasteiger partial charge in [-0.3, -0.25) is 14.9 Å². The maximum absolute atomic E-state index is 12.3. The van der Waals surface area contributed by atoms with Crippen molar-refractivity contribution in [1.82, 2.24) is 0 Å². The predicted molar refractivity (Wildman–Crippen MR) is 106 cm³/mol. The predicted octanol–water partition coefficient (Wildman–Crippen LogP) is 4.84. The number of rotatable bonds is 6. The molecule has 5 heteroatoms. The summed E-state index contributed by atoms with van der Waals surface area (Å²) in [4.78, 5) is 22.6. The molecule has 0 spiro atoms. The Labute approximate surface area is 157 Å². The third kappa shape index (κ3) is 5.12. The molecular weight excluding hydrogens is 340 g/mol. The third-order valence-corrected chi connectivity index (χ3v) is 4.02. The van der Waals surface area contributed by atoms with Crippen LogP contribution in [0.3, 0.4) is 0 Å². The van der Waals surface area contributed by atoms with E-state index in [1.807, 2.05) is 54.6 Å². The van der Waals surface area contributed by atoms with Crippen molar-refractivity contribution >= 4 is 23.4 Å². The highest BCUT2D eigenvalue weighted by Crippen LogP contribution is 2.19. The lowest BCUT2D eigenvalue weighted by Crippen LogP contribution is -2.10. The van der Waals surface area contributed by atoms with Gasteiger partial charge in [-0.25, -0.2) is 0 Å². The molecule has 134 valence electrons. The molecule has 5 nitrogen and oxygen atoms in total. The summed E-state index contributed by atoms with van der Waals surface area (Å²) in [7, 11) is 0. The van der Waals surface area contributed by atoms with E-state index in [1.165, 1.54) is 18.2 Å². The fourth-order valence-corrected chi connectivity index (χ4v) is 2.70. The highest BCUT2D eigenvalue weighted by molar-refractivity contribution is 6.02. The average Bonchev–Trinajstić information content (AvgIpc) is 2.69. The Morgan fingerprint density at radius 2 is 1.70 bits per heavy atom. The van der Waals surface area contributed by atoms with E-state index in [-0.39, 0.29) is 11.6 Å². The van der Waals surface area contributed by atoms with Gasteiger partial charge in [-0.05, 0) is 35.3 Å². The number of hydrogen-bond donors (Lipinski definition) is 1. The van der Waals surface area contributed by atoms with Crippen molar-refractivity contribution in [3.8, 4) is 0 Å². The van der Waals surface area contributed by atoms with Gasteiger partial charge in [0, 0.05) is 23.9 Å². The molecule has 3 aromatic carbocycles. The van der Waals surface area contributed by atoms with Crippen molar-refractivity contribution in [2.45, 2.75) is 6.42 Å². The van der Waals surface area contributed by atoms with E-state index in [0.29, 0.717) is 12.0 Å². The molecule has 3 aromatic rings. The highest BCUT2D eigenvalue weighted by Gasteiger charge is 2.06. The van der Waals surface area contributed by atoms with Gasteiger partial charge in [0.1, 0.15) is 0 Å². The molecule has 0 aliphatic rings. The maximum Gasteiger partial charge on any atom is 0.270 e. The van der Waals surface area contributed by atoms with Crippen LogP contribution in [-0.2, 0) is 11.2 Å². The van der Waals surface area contributed by atoms with Crippen LogP contribution in [0.1, 0.15) is 16.7 Å². The van der Waals surface area contributed by atoms with E-state index in [9.17, 15) is 14.9 Å². The van der Waals surface area contributed by atoms with Gasteiger partial charge in [-0.1, -0.05) is 60.7 Å².